The summed E-state index contributed by atoms with van der Waals surface area (Å²) >= 11 is 1.28. The van der Waals surface area contributed by atoms with Crippen LogP contribution in [0.25, 0.3) is 0 Å². The van der Waals surface area contributed by atoms with Crippen LogP contribution in [-0.4, -0.2) is 24.7 Å². The first-order valence-corrected chi connectivity index (χ1v) is 7.16. The average molecular weight is 303 g/mol. The van der Waals surface area contributed by atoms with Gasteiger partial charge in [0.05, 0.1) is 16.4 Å². The average Bonchev–Trinajstić information content (AvgIpc) is 2.95. The Hall–Kier alpha value is -2.16. The molecule has 2 aromatic rings. The molecule has 0 saturated carbocycles. The van der Waals surface area contributed by atoms with E-state index in [1.807, 2.05) is 0 Å². The maximum absolute atomic E-state index is 13.2. The standard InChI is InChI=1S/C16H14FNO2S/c1-18(13-6-4-5-12(17)11-13)16(20)15-9-8-14(21-15)7-2-3-10-19/h4-6,8-9,11,19H,3,10H2,1H3. The number of anilines is 1. The SMILES string of the molecule is CN(C(=O)c1ccc(C#CCCO)s1)c1cccc(F)c1. The number of aliphatic hydroxyl groups excluding tert-OH is 1. The minimum Gasteiger partial charge on any atom is -0.395 e. The summed E-state index contributed by atoms with van der Waals surface area (Å²) in [6, 6.07) is 9.36. The number of nitrogens with zero attached hydrogens (tertiary/aromatic N) is 1. The van der Waals surface area contributed by atoms with Crippen LogP contribution >= 0.6 is 11.3 Å². The van der Waals surface area contributed by atoms with Gasteiger partial charge >= 0.3 is 0 Å². The Morgan fingerprint density at radius 2 is 2.19 bits per heavy atom. The van der Waals surface area contributed by atoms with E-state index < -0.39 is 0 Å². The van der Waals surface area contributed by atoms with E-state index in [0.717, 1.165) is 4.88 Å². The van der Waals surface area contributed by atoms with Crippen LogP contribution in [0.3, 0.4) is 0 Å². The molecular formula is C16H14FNO2S. The highest BCUT2D eigenvalue weighted by atomic mass is 32.1. The van der Waals surface area contributed by atoms with Crippen LogP contribution in [0.5, 0.6) is 0 Å². The molecule has 0 aliphatic heterocycles. The number of carbonyl (C=O) groups excluding carboxylic acids is 1. The molecule has 108 valence electrons. The van der Waals surface area contributed by atoms with Crippen LogP contribution in [0, 0.1) is 17.7 Å². The molecule has 5 heteroatoms. The zero-order valence-corrected chi connectivity index (χ0v) is 12.3. The number of thiophene rings is 1. The molecule has 0 saturated heterocycles. The van der Waals surface area contributed by atoms with Gasteiger partial charge in [0.15, 0.2) is 0 Å². The molecule has 0 fully saturated rings. The van der Waals surface area contributed by atoms with Crippen LogP contribution < -0.4 is 4.90 Å². The number of benzene rings is 1. The van der Waals surface area contributed by atoms with Crippen molar-refractivity contribution in [3.8, 4) is 11.8 Å². The van der Waals surface area contributed by atoms with E-state index in [4.69, 9.17) is 5.11 Å². The van der Waals surface area contributed by atoms with Crippen molar-refractivity contribution in [1.82, 2.24) is 0 Å². The Labute approximate surface area is 126 Å². The first-order chi connectivity index (χ1) is 10.1. The van der Waals surface area contributed by atoms with Crippen molar-refractivity contribution in [2.45, 2.75) is 6.42 Å². The van der Waals surface area contributed by atoms with E-state index in [-0.39, 0.29) is 18.3 Å². The van der Waals surface area contributed by atoms with Gasteiger partial charge in [0.2, 0.25) is 0 Å². The molecule has 0 radical (unpaired) electrons. The Balaban J connectivity index is 2.15. The molecule has 0 aliphatic carbocycles. The number of amides is 1. The highest BCUT2D eigenvalue weighted by Gasteiger charge is 2.15. The summed E-state index contributed by atoms with van der Waals surface area (Å²) in [7, 11) is 1.61. The molecule has 0 spiro atoms. The van der Waals surface area contributed by atoms with E-state index in [0.29, 0.717) is 17.0 Å². The second-order valence-electron chi connectivity index (χ2n) is 4.28. The van der Waals surface area contributed by atoms with Crippen molar-refractivity contribution in [1.29, 1.82) is 0 Å². The van der Waals surface area contributed by atoms with E-state index in [2.05, 4.69) is 11.8 Å². The van der Waals surface area contributed by atoms with Gasteiger partial charge in [-0.15, -0.1) is 11.3 Å². The van der Waals surface area contributed by atoms with Gasteiger partial charge in [-0.1, -0.05) is 17.9 Å². The van der Waals surface area contributed by atoms with Crippen molar-refractivity contribution < 1.29 is 14.3 Å². The molecule has 1 N–H and O–H groups in total. The van der Waals surface area contributed by atoms with Gasteiger partial charge in [0, 0.05) is 19.2 Å². The zero-order chi connectivity index (χ0) is 15.2. The number of aliphatic hydroxyl groups is 1. The second-order valence-corrected chi connectivity index (χ2v) is 5.37. The predicted molar refractivity (Wildman–Crippen MR) is 82.0 cm³/mol. The fourth-order valence-corrected chi connectivity index (χ4v) is 2.55. The molecule has 1 amide bonds. The van der Waals surface area contributed by atoms with Crippen LogP contribution in [0.1, 0.15) is 21.0 Å². The minimum absolute atomic E-state index is 0.0203. The predicted octanol–water partition coefficient (Wildman–Crippen LogP) is 2.90. The lowest BCUT2D eigenvalue weighted by Gasteiger charge is -2.16. The zero-order valence-electron chi connectivity index (χ0n) is 11.5. The lowest BCUT2D eigenvalue weighted by atomic mass is 10.2. The molecule has 0 atom stereocenters. The molecule has 1 aromatic carbocycles. The summed E-state index contributed by atoms with van der Waals surface area (Å²) in [6.07, 6.45) is 0.407. The van der Waals surface area contributed by atoms with Crippen molar-refractivity contribution in [3.05, 3.63) is 52.0 Å². The Bertz CT molecular complexity index is 700. The Kier molecular flexibility index (Phi) is 5.09. The molecule has 21 heavy (non-hydrogen) atoms. The van der Waals surface area contributed by atoms with Gasteiger partial charge in [0.1, 0.15) is 5.82 Å². The van der Waals surface area contributed by atoms with E-state index >= 15 is 0 Å². The van der Waals surface area contributed by atoms with E-state index in [9.17, 15) is 9.18 Å². The third-order valence-electron chi connectivity index (χ3n) is 2.77. The van der Waals surface area contributed by atoms with Gasteiger partial charge in [0.25, 0.3) is 5.91 Å². The smallest absolute Gasteiger partial charge is 0.268 e. The Morgan fingerprint density at radius 1 is 1.38 bits per heavy atom. The van der Waals surface area contributed by atoms with Crippen molar-refractivity contribution >= 4 is 22.9 Å². The maximum atomic E-state index is 13.2. The highest BCUT2D eigenvalue weighted by molar-refractivity contribution is 7.14. The summed E-state index contributed by atoms with van der Waals surface area (Å²) in [5, 5.41) is 8.67. The molecule has 2 rings (SSSR count). The number of hydrogen-bond acceptors (Lipinski definition) is 3. The quantitative estimate of drug-likeness (QED) is 0.886. The summed E-state index contributed by atoms with van der Waals surface area (Å²) in [5.74, 6) is 5.11. The lowest BCUT2D eigenvalue weighted by molar-refractivity contribution is 0.0997. The van der Waals surface area contributed by atoms with Gasteiger partial charge in [-0.25, -0.2) is 4.39 Å². The third kappa shape index (κ3) is 3.91. The van der Waals surface area contributed by atoms with E-state index in [1.54, 1.807) is 31.3 Å². The first kappa shape index (κ1) is 15.2. The molecule has 1 heterocycles. The normalized spacial score (nSPS) is 9.86. The molecule has 3 nitrogen and oxygen atoms in total. The fraction of sp³-hybridized carbons (Fsp3) is 0.188. The van der Waals surface area contributed by atoms with Crippen molar-refractivity contribution in [2.75, 3.05) is 18.6 Å². The minimum atomic E-state index is -0.381. The number of hydrogen-bond donors (Lipinski definition) is 1. The summed E-state index contributed by atoms with van der Waals surface area (Å²) in [4.78, 5) is 15.0. The topological polar surface area (TPSA) is 40.5 Å². The molecular weight excluding hydrogens is 289 g/mol. The fourth-order valence-electron chi connectivity index (χ4n) is 1.69. The van der Waals surface area contributed by atoms with Gasteiger partial charge in [-0.05, 0) is 30.3 Å². The molecule has 0 bridgehead atoms. The van der Waals surface area contributed by atoms with Crippen LogP contribution in [0.2, 0.25) is 0 Å². The Morgan fingerprint density at radius 3 is 2.90 bits per heavy atom. The number of halogens is 1. The summed E-state index contributed by atoms with van der Waals surface area (Å²) in [6.45, 7) is 0.0203. The molecule has 0 aliphatic rings. The van der Waals surface area contributed by atoms with E-state index in [1.165, 1.54) is 28.4 Å². The van der Waals surface area contributed by atoms with Crippen LogP contribution in [0.15, 0.2) is 36.4 Å². The molecule has 0 unspecified atom stereocenters. The molecule has 1 aromatic heterocycles. The maximum Gasteiger partial charge on any atom is 0.268 e. The number of rotatable bonds is 3. The van der Waals surface area contributed by atoms with Gasteiger partial charge in [-0.2, -0.15) is 0 Å². The largest absolute Gasteiger partial charge is 0.395 e. The lowest BCUT2D eigenvalue weighted by Crippen LogP contribution is -2.25. The summed E-state index contributed by atoms with van der Waals surface area (Å²) in [5.41, 5.74) is 0.501. The van der Waals surface area contributed by atoms with Crippen molar-refractivity contribution in [2.24, 2.45) is 0 Å². The first-order valence-electron chi connectivity index (χ1n) is 6.35. The van der Waals surface area contributed by atoms with Crippen LogP contribution in [0.4, 0.5) is 10.1 Å². The van der Waals surface area contributed by atoms with Crippen LogP contribution in [-0.2, 0) is 0 Å². The highest BCUT2D eigenvalue weighted by Crippen LogP contribution is 2.21. The second kappa shape index (κ2) is 7.02. The van der Waals surface area contributed by atoms with Gasteiger partial charge < -0.3 is 10.0 Å². The van der Waals surface area contributed by atoms with Crippen molar-refractivity contribution in [3.63, 3.8) is 0 Å². The number of carbonyl (C=O) groups is 1. The monoisotopic (exact) mass is 303 g/mol. The third-order valence-corrected chi connectivity index (χ3v) is 3.75. The summed E-state index contributed by atoms with van der Waals surface area (Å²) < 4.78 is 13.2. The van der Waals surface area contributed by atoms with Gasteiger partial charge in [-0.3, -0.25) is 4.79 Å².